The molecule has 2 nitrogen and oxygen atoms in total. The highest BCUT2D eigenvalue weighted by atomic mass is 15.2. The van der Waals surface area contributed by atoms with Crippen LogP contribution in [0.25, 0.3) is 0 Å². The molecule has 126 valence electrons. The first-order valence-corrected chi connectivity index (χ1v) is 9.46. The zero-order chi connectivity index (χ0) is 16.4. The van der Waals surface area contributed by atoms with Crippen LogP contribution in [0.1, 0.15) is 37.3 Å². The topological polar surface area (TPSA) is 15.3 Å². The van der Waals surface area contributed by atoms with Crippen molar-refractivity contribution in [3.05, 3.63) is 65.7 Å². The van der Waals surface area contributed by atoms with Crippen molar-refractivity contribution < 1.29 is 0 Å². The van der Waals surface area contributed by atoms with Gasteiger partial charge in [0.15, 0.2) is 0 Å². The van der Waals surface area contributed by atoms with Gasteiger partial charge in [0, 0.05) is 23.8 Å². The van der Waals surface area contributed by atoms with Crippen LogP contribution in [0, 0.1) is 0 Å². The quantitative estimate of drug-likeness (QED) is 0.908. The van der Waals surface area contributed by atoms with Gasteiger partial charge >= 0.3 is 0 Å². The molecule has 1 N–H and O–H groups in total. The second kappa shape index (κ2) is 6.98. The van der Waals surface area contributed by atoms with E-state index in [2.05, 4.69) is 71.7 Å². The van der Waals surface area contributed by atoms with Gasteiger partial charge in [0.05, 0.1) is 0 Å². The van der Waals surface area contributed by atoms with Gasteiger partial charge < -0.3 is 10.2 Å². The number of rotatable bonds is 4. The maximum atomic E-state index is 3.77. The molecule has 0 saturated carbocycles. The van der Waals surface area contributed by atoms with E-state index in [1.54, 1.807) is 0 Å². The van der Waals surface area contributed by atoms with Gasteiger partial charge in [-0.15, -0.1) is 0 Å². The van der Waals surface area contributed by atoms with Crippen LogP contribution in [0.5, 0.6) is 0 Å². The summed E-state index contributed by atoms with van der Waals surface area (Å²) in [5, 5.41) is 3.77. The second-order valence-corrected chi connectivity index (χ2v) is 7.37. The molecule has 24 heavy (non-hydrogen) atoms. The smallest absolute Gasteiger partial charge is 0.0418 e. The van der Waals surface area contributed by atoms with Crippen molar-refractivity contribution >= 4 is 5.69 Å². The molecule has 2 heteroatoms. The molecule has 1 aliphatic carbocycles. The number of hydrogen-bond acceptors (Lipinski definition) is 2. The minimum atomic E-state index is 0.520. The summed E-state index contributed by atoms with van der Waals surface area (Å²) < 4.78 is 0. The molecule has 0 aromatic heterocycles. The largest absolute Gasteiger partial charge is 0.364 e. The average molecular weight is 320 g/mol. The standard InChI is InChI=1S/C22H28N2/c1-17(22-13-7-8-14-23-22)24(20-11-3-2-4-12-20)21-15-18-9-5-6-10-19(18)16-21/h2-6,9-12,17,21-23H,7-8,13-16H2,1H3. The van der Waals surface area contributed by atoms with Gasteiger partial charge in [-0.25, -0.2) is 0 Å². The Balaban J connectivity index is 1.62. The molecule has 0 amide bonds. The Morgan fingerprint density at radius 3 is 2.21 bits per heavy atom. The van der Waals surface area contributed by atoms with Gasteiger partial charge in [0.25, 0.3) is 0 Å². The number of benzene rings is 2. The molecular formula is C22H28N2. The molecule has 1 aliphatic heterocycles. The Hall–Kier alpha value is -1.80. The highest BCUT2D eigenvalue weighted by Gasteiger charge is 2.33. The number of fused-ring (bicyclic) bond motifs is 1. The molecule has 4 rings (SSSR count). The monoisotopic (exact) mass is 320 g/mol. The van der Waals surface area contributed by atoms with E-state index < -0.39 is 0 Å². The Morgan fingerprint density at radius 2 is 1.58 bits per heavy atom. The highest BCUT2D eigenvalue weighted by Crippen LogP contribution is 2.32. The van der Waals surface area contributed by atoms with Crippen molar-refractivity contribution in [1.82, 2.24) is 5.32 Å². The number of hydrogen-bond donors (Lipinski definition) is 1. The molecule has 1 heterocycles. The van der Waals surface area contributed by atoms with Crippen LogP contribution in [0.2, 0.25) is 0 Å². The molecular weight excluding hydrogens is 292 g/mol. The summed E-state index contributed by atoms with van der Waals surface area (Å²) in [4.78, 5) is 2.70. The molecule has 1 fully saturated rings. The molecule has 0 radical (unpaired) electrons. The minimum Gasteiger partial charge on any atom is -0.364 e. The maximum Gasteiger partial charge on any atom is 0.0418 e. The third-order valence-corrected chi connectivity index (χ3v) is 5.85. The van der Waals surface area contributed by atoms with Crippen molar-refractivity contribution in [1.29, 1.82) is 0 Å². The van der Waals surface area contributed by atoms with Crippen molar-refractivity contribution in [2.45, 2.75) is 57.2 Å². The van der Waals surface area contributed by atoms with E-state index in [4.69, 9.17) is 0 Å². The van der Waals surface area contributed by atoms with Crippen molar-refractivity contribution in [2.24, 2.45) is 0 Å². The first kappa shape index (κ1) is 15.7. The molecule has 2 aliphatic rings. The van der Waals surface area contributed by atoms with E-state index >= 15 is 0 Å². The Kier molecular flexibility index (Phi) is 4.57. The first-order valence-electron chi connectivity index (χ1n) is 9.46. The number of para-hydroxylation sites is 1. The van der Waals surface area contributed by atoms with E-state index in [0.29, 0.717) is 18.1 Å². The fourth-order valence-electron chi connectivity index (χ4n) is 4.60. The summed E-state index contributed by atoms with van der Waals surface area (Å²) >= 11 is 0. The summed E-state index contributed by atoms with van der Waals surface area (Å²) in [6, 6.07) is 21.7. The number of anilines is 1. The van der Waals surface area contributed by atoms with Gasteiger partial charge in [-0.05, 0) is 62.4 Å². The van der Waals surface area contributed by atoms with E-state index in [-0.39, 0.29) is 0 Å². The summed E-state index contributed by atoms with van der Waals surface area (Å²) in [5.41, 5.74) is 4.44. The van der Waals surface area contributed by atoms with Gasteiger partial charge in [-0.3, -0.25) is 0 Å². The van der Waals surface area contributed by atoms with E-state index in [1.807, 2.05) is 0 Å². The molecule has 2 unspecified atom stereocenters. The Labute approximate surface area is 145 Å². The molecule has 0 bridgehead atoms. The highest BCUT2D eigenvalue weighted by molar-refractivity contribution is 5.51. The zero-order valence-corrected chi connectivity index (χ0v) is 14.6. The van der Waals surface area contributed by atoms with Crippen LogP contribution in [0.3, 0.4) is 0 Å². The SMILES string of the molecule is CC(C1CCCCN1)N(c1ccccc1)C1Cc2ccccc2C1. The predicted molar refractivity (Wildman–Crippen MR) is 102 cm³/mol. The van der Waals surface area contributed by atoms with Crippen LogP contribution in [0.4, 0.5) is 5.69 Å². The number of piperidine rings is 1. The van der Waals surface area contributed by atoms with E-state index in [1.165, 1.54) is 55.5 Å². The predicted octanol–water partition coefficient (Wildman–Crippen LogP) is 4.19. The molecule has 1 saturated heterocycles. The third kappa shape index (κ3) is 3.08. The third-order valence-electron chi connectivity index (χ3n) is 5.85. The van der Waals surface area contributed by atoms with Crippen LogP contribution in [-0.2, 0) is 12.8 Å². The van der Waals surface area contributed by atoms with E-state index in [9.17, 15) is 0 Å². The van der Waals surface area contributed by atoms with Gasteiger partial charge in [-0.1, -0.05) is 48.9 Å². The van der Waals surface area contributed by atoms with Gasteiger partial charge in [-0.2, -0.15) is 0 Å². The summed E-state index contributed by atoms with van der Waals surface area (Å²) in [7, 11) is 0. The summed E-state index contributed by atoms with van der Waals surface area (Å²) in [5.74, 6) is 0. The second-order valence-electron chi connectivity index (χ2n) is 7.37. The summed E-state index contributed by atoms with van der Waals surface area (Å²) in [6.45, 7) is 3.58. The van der Waals surface area contributed by atoms with Crippen LogP contribution >= 0.6 is 0 Å². The molecule has 2 aromatic carbocycles. The van der Waals surface area contributed by atoms with Crippen LogP contribution in [0.15, 0.2) is 54.6 Å². The number of nitrogens with one attached hydrogen (secondary N) is 1. The molecule has 2 aromatic rings. The lowest BCUT2D eigenvalue weighted by atomic mass is 9.95. The Bertz CT molecular complexity index is 636. The lowest BCUT2D eigenvalue weighted by Crippen LogP contribution is -2.54. The lowest BCUT2D eigenvalue weighted by Gasteiger charge is -2.42. The fourth-order valence-corrected chi connectivity index (χ4v) is 4.60. The van der Waals surface area contributed by atoms with Crippen molar-refractivity contribution in [3.63, 3.8) is 0 Å². The minimum absolute atomic E-state index is 0.520. The Morgan fingerprint density at radius 1 is 0.917 bits per heavy atom. The van der Waals surface area contributed by atoms with Crippen LogP contribution in [-0.4, -0.2) is 24.7 Å². The van der Waals surface area contributed by atoms with Crippen LogP contribution < -0.4 is 10.2 Å². The van der Waals surface area contributed by atoms with Crippen molar-refractivity contribution in [3.8, 4) is 0 Å². The first-order chi connectivity index (χ1) is 11.8. The normalized spacial score (nSPS) is 22.1. The van der Waals surface area contributed by atoms with E-state index in [0.717, 1.165) is 0 Å². The lowest BCUT2D eigenvalue weighted by molar-refractivity contribution is 0.336. The maximum absolute atomic E-state index is 3.77. The molecule has 2 atom stereocenters. The molecule has 0 spiro atoms. The fraction of sp³-hybridized carbons (Fsp3) is 0.455. The average Bonchev–Trinajstić information content (AvgIpc) is 3.07. The summed E-state index contributed by atoms with van der Waals surface area (Å²) in [6.07, 6.45) is 6.31. The van der Waals surface area contributed by atoms with Gasteiger partial charge in [0.2, 0.25) is 0 Å². The van der Waals surface area contributed by atoms with Gasteiger partial charge in [0.1, 0.15) is 0 Å². The zero-order valence-electron chi connectivity index (χ0n) is 14.6. The number of nitrogens with zero attached hydrogens (tertiary/aromatic N) is 1. The van der Waals surface area contributed by atoms with Crippen molar-refractivity contribution in [2.75, 3.05) is 11.4 Å².